The molecule has 0 aliphatic heterocycles. The maximum Gasteiger partial charge on any atom is 0.362 e. The van der Waals surface area contributed by atoms with Gasteiger partial charge in [-0.15, -0.1) is 16.4 Å². The van der Waals surface area contributed by atoms with Crippen molar-refractivity contribution in [1.82, 2.24) is 20.2 Å². The Labute approximate surface area is 159 Å². The average molecular weight is 374 g/mol. The first kappa shape index (κ1) is 16.9. The number of nitrogens with zero attached hydrogens (tertiary/aromatic N) is 4. The zero-order valence-corrected chi connectivity index (χ0v) is 14.9. The summed E-state index contributed by atoms with van der Waals surface area (Å²) in [5.74, 6) is 0.372. The molecule has 0 aliphatic rings. The number of rotatable bonds is 5. The van der Waals surface area contributed by atoms with E-state index >= 15 is 0 Å². The van der Waals surface area contributed by atoms with Crippen molar-refractivity contribution in [2.24, 2.45) is 0 Å². The topological polar surface area (TPSA) is 69.9 Å². The van der Waals surface area contributed by atoms with E-state index in [9.17, 15) is 4.79 Å². The van der Waals surface area contributed by atoms with Crippen LogP contribution in [-0.2, 0) is 4.79 Å². The first-order valence-corrected chi connectivity index (χ1v) is 9.06. The van der Waals surface area contributed by atoms with E-state index in [1.54, 1.807) is 30.3 Å². The number of hydrogen-bond donors (Lipinski definition) is 0. The predicted molar refractivity (Wildman–Crippen MR) is 104 cm³/mol. The minimum absolute atomic E-state index is 0.227. The molecule has 0 radical (unpaired) electrons. The van der Waals surface area contributed by atoms with Gasteiger partial charge in [0.15, 0.2) is 11.5 Å². The summed E-state index contributed by atoms with van der Waals surface area (Å²) in [6, 6.07) is 22.2. The molecule has 6 nitrogen and oxygen atoms in total. The highest BCUT2D eigenvalue weighted by Gasteiger charge is 2.21. The van der Waals surface area contributed by atoms with Crippen molar-refractivity contribution >= 4 is 29.1 Å². The van der Waals surface area contributed by atoms with E-state index in [1.807, 2.05) is 53.9 Å². The predicted octanol–water partition coefficient (Wildman–Crippen LogP) is 4.01. The van der Waals surface area contributed by atoms with E-state index in [0.29, 0.717) is 11.6 Å². The lowest BCUT2D eigenvalue weighted by Gasteiger charge is -2.09. The number of tetrazole rings is 1. The van der Waals surface area contributed by atoms with E-state index < -0.39 is 5.97 Å². The number of benzene rings is 2. The summed E-state index contributed by atoms with van der Waals surface area (Å²) in [6.45, 7) is 0. The summed E-state index contributed by atoms with van der Waals surface area (Å²) in [7, 11) is 0. The molecule has 0 atom stereocenters. The molecule has 2 aromatic heterocycles. The second-order valence-electron chi connectivity index (χ2n) is 5.53. The number of ether oxygens (including phenoxy) is 1. The molecule has 0 amide bonds. The highest BCUT2D eigenvalue weighted by Crippen LogP contribution is 2.23. The molecule has 0 saturated carbocycles. The average Bonchev–Trinajstić information content (AvgIpc) is 3.39. The molecule has 27 heavy (non-hydrogen) atoms. The van der Waals surface area contributed by atoms with Crippen LogP contribution in [0.3, 0.4) is 0 Å². The van der Waals surface area contributed by atoms with Crippen molar-refractivity contribution in [3.8, 4) is 17.1 Å². The molecular weight excluding hydrogens is 360 g/mol. The summed E-state index contributed by atoms with van der Waals surface area (Å²) in [4.78, 5) is 13.8. The standard InChI is InChI=1S/C20H14N4O2S/c25-20(26-16-10-5-2-6-11-16)18(14-17-12-7-13-27-17)24-19(21-22-23-24)15-8-3-1-4-9-15/h1-14H/b18-14-. The number of thiophene rings is 1. The third-order valence-corrected chi connectivity index (χ3v) is 4.53. The molecule has 0 aliphatic carbocycles. The second kappa shape index (κ2) is 7.76. The van der Waals surface area contributed by atoms with Gasteiger partial charge in [0, 0.05) is 10.4 Å². The molecule has 0 unspecified atom stereocenters. The Morgan fingerprint density at radius 1 is 0.963 bits per heavy atom. The number of esters is 1. The van der Waals surface area contributed by atoms with Gasteiger partial charge in [0.05, 0.1) is 0 Å². The van der Waals surface area contributed by atoms with Gasteiger partial charge in [-0.3, -0.25) is 0 Å². The van der Waals surface area contributed by atoms with Crippen LogP contribution < -0.4 is 4.74 Å². The maximum atomic E-state index is 12.9. The van der Waals surface area contributed by atoms with Crippen LogP contribution >= 0.6 is 11.3 Å². The molecule has 2 heterocycles. The van der Waals surface area contributed by atoms with Crippen molar-refractivity contribution in [1.29, 1.82) is 0 Å². The van der Waals surface area contributed by atoms with Crippen LogP contribution in [0.4, 0.5) is 0 Å². The van der Waals surface area contributed by atoms with Crippen molar-refractivity contribution in [3.05, 3.63) is 83.1 Å². The fourth-order valence-electron chi connectivity index (χ4n) is 2.48. The molecule has 0 saturated heterocycles. The first-order chi connectivity index (χ1) is 13.3. The fraction of sp³-hybridized carbons (Fsp3) is 0. The quantitative estimate of drug-likeness (QED) is 0.300. The minimum atomic E-state index is -0.543. The Balaban J connectivity index is 1.76. The third-order valence-electron chi connectivity index (χ3n) is 3.71. The van der Waals surface area contributed by atoms with Crippen LogP contribution in [0.15, 0.2) is 78.2 Å². The van der Waals surface area contributed by atoms with Gasteiger partial charge in [0.1, 0.15) is 5.75 Å². The molecule has 0 spiro atoms. The smallest absolute Gasteiger partial charge is 0.362 e. The minimum Gasteiger partial charge on any atom is -0.422 e. The Kier molecular flexibility index (Phi) is 4.84. The first-order valence-electron chi connectivity index (χ1n) is 8.18. The van der Waals surface area contributed by atoms with Gasteiger partial charge in [0.2, 0.25) is 0 Å². The molecule has 4 aromatic rings. The Hall–Kier alpha value is -3.58. The number of aromatic nitrogens is 4. The Morgan fingerprint density at radius 2 is 1.70 bits per heavy atom. The fourth-order valence-corrected chi connectivity index (χ4v) is 3.13. The Bertz CT molecular complexity index is 1060. The lowest BCUT2D eigenvalue weighted by Crippen LogP contribution is -2.17. The third kappa shape index (κ3) is 3.83. The maximum absolute atomic E-state index is 12.9. The van der Waals surface area contributed by atoms with Gasteiger partial charge in [0.25, 0.3) is 0 Å². The lowest BCUT2D eigenvalue weighted by molar-refractivity contribution is -0.128. The summed E-state index contributed by atoms with van der Waals surface area (Å²) >= 11 is 1.51. The highest BCUT2D eigenvalue weighted by molar-refractivity contribution is 7.10. The van der Waals surface area contributed by atoms with Gasteiger partial charge in [-0.1, -0.05) is 54.6 Å². The monoisotopic (exact) mass is 374 g/mol. The van der Waals surface area contributed by atoms with Crippen LogP contribution in [0.25, 0.3) is 23.2 Å². The molecule has 0 bridgehead atoms. The highest BCUT2D eigenvalue weighted by atomic mass is 32.1. The zero-order valence-electron chi connectivity index (χ0n) is 14.1. The number of hydrogen-bond acceptors (Lipinski definition) is 6. The Morgan fingerprint density at radius 3 is 2.41 bits per heavy atom. The lowest BCUT2D eigenvalue weighted by atomic mass is 10.2. The molecule has 7 heteroatoms. The van der Waals surface area contributed by atoms with E-state index in [4.69, 9.17) is 4.74 Å². The molecular formula is C20H14N4O2S. The van der Waals surface area contributed by atoms with Crippen LogP contribution in [0.1, 0.15) is 4.88 Å². The van der Waals surface area contributed by atoms with Crippen LogP contribution in [-0.4, -0.2) is 26.2 Å². The van der Waals surface area contributed by atoms with Crippen molar-refractivity contribution in [3.63, 3.8) is 0 Å². The van der Waals surface area contributed by atoms with Gasteiger partial charge in [-0.05, 0) is 40.1 Å². The van der Waals surface area contributed by atoms with Crippen molar-refractivity contribution in [2.75, 3.05) is 0 Å². The molecule has 0 fully saturated rings. The number of carbonyl (C=O) groups is 1. The summed E-state index contributed by atoms with van der Waals surface area (Å²) in [6.07, 6.45) is 1.72. The largest absolute Gasteiger partial charge is 0.422 e. The normalized spacial score (nSPS) is 11.3. The van der Waals surface area contributed by atoms with Crippen LogP contribution in [0.2, 0.25) is 0 Å². The zero-order chi connectivity index (χ0) is 18.5. The van der Waals surface area contributed by atoms with Crippen molar-refractivity contribution in [2.45, 2.75) is 0 Å². The molecule has 0 N–H and O–H groups in total. The number of carbonyl (C=O) groups excluding carboxylic acids is 1. The molecule has 132 valence electrons. The van der Waals surface area contributed by atoms with E-state index in [1.165, 1.54) is 16.0 Å². The van der Waals surface area contributed by atoms with Gasteiger partial charge in [-0.25, -0.2) is 4.79 Å². The van der Waals surface area contributed by atoms with Gasteiger partial charge < -0.3 is 4.74 Å². The van der Waals surface area contributed by atoms with Crippen LogP contribution in [0.5, 0.6) is 5.75 Å². The summed E-state index contributed by atoms with van der Waals surface area (Å²) in [5.41, 5.74) is 1.03. The number of para-hydroxylation sites is 1. The summed E-state index contributed by atoms with van der Waals surface area (Å²) in [5, 5.41) is 13.8. The molecule has 4 rings (SSSR count). The van der Waals surface area contributed by atoms with Crippen LogP contribution in [0, 0.1) is 0 Å². The van der Waals surface area contributed by atoms with Crippen molar-refractivity contribution < 1.29 is 9.53 Å². The molecule has 2 aromatic carbocycles. The van der Waals surface area contributed by atoms with Gasteiger partial charge >= 0.3 is 5.97 Å². The van der Waals surface area contributed by atoms with Gasteiger partial charge in [-0.2, -0.15) is 4.68 Å². The van der Waals surface area contributed by atoms with E-state index in [2.05, 4.69) is 15.5 Å². The summed E-state index contributed by atoms with van der Waals surface area (Å²) < 4.78 is 6.92. The van der Waals surface area contributed by atoms with E-state index in [-0.39, 0.29) is 5.70 Å². The second-order valence-corrected chi connectivity index (χ2v) is 6.51. The SMILES string of the molecule is O=C(Oc1ccccc1)/C(=C/c1cccs1)n1nnnc1-c1ccccc1. The van der Waals surface area contributed by atoms with E-state index in [0.717, 1.165) is 10.4 Å².